The lowest BCUT2D eigenvalue weighted by molar-refractivity contribution is -0.222. The third kappa shape index (κ3) is 7.67. The van der Waals surface area contributed by atoms with Gasteiger partial charge in [-0.05, 0) is 83.1 Å². The van der Waals surface area contributed by atoms with Gasteiger partial charge in [-0.1, -0.05) is 0 Å². The van der Waals surface area contributed by atoms with Crippen molar-refractivity contribution < 1.29 is 57.2 Å². The summed E-state index contributed by atoms with van der Waals surface area (Å²) in [7, 11) is 0. The maximum atomic E-state index is 13.9. The van der Waals surface area contributed by atoms with Crippen molar-refractivity contribution in [1.82, 2.24) is 0 Å². The first-order valence-corrected chi connectivity index (χ1v) is 12.5. The van der Waals surface area contributed by atoms with Gasteiger partial charge in [-0.15, -0.1) is 0 Å². The lowest BCUT2D eigenvalue weighted by atomic mass is 9.61. The Morgan fingerprint density at radius 1 is 0.316 bits per heavy atom. The number of esters is 6. The summed E-state index contributed by atoms with van der Waals surface area (Å²) >= 11 is 0. The predicted molar refractivity (Wildman–Crippen MR) is 132 cm³/mol. The van der Waals surface area contributed by atoms with Crippen LogP contribution in [0.1, 0.15) is 83.1 Å². The molecule has 0 aliphatic rings. The standard InChI is InChI=1S/C26H42O12/c1-13(2)33-19(27)25(20(28)34-14(3)4,21(29)35-15(5)6)26(22(30)36-16(7)8,23(31)37-17(9)10)24(32)38-18(11)12/h13-18H,1-12H3. The second-order valence-corrected chi connectivity index (χ2v) is 10.2. The van der Waals surface area contributed by atoms with Crippen LogP contribution in [0, 0.1) is 10.8 Å². The summed E-state index contributed by atoms with van der Waals surface area (Å²) in [6.45, 7) is 16.6. The van der Waals surface area contributed by atoms with Crippen molar-refractivity contribution in [2.75, 3.05) is 0 Å². The summed E-state index contributed by atoms with van der Waals surface area (Å²) in [4.78, 5) is 83.3. The third-order valence-electron chi connectivity index (χ3n) is 4.46. The molecule has 0 aromatic heterocycles. The summed E-state index contributed by atoms with van der Waals surface area (Å²) in [5.41, 5.74) is -7.40. The highest BCUT2D eigenvalue weighted by Crippen LogP contribution is 2.48. The second kappa shape index (κ2) is 14.1. The minimum atomic E-state index is -3.70. The van der Waals surface area contributed by atoms with Crippen LogP contribution in [0.4, 0.5) is 0 Å². The number of ether oxygens (including phenoxy) is 6. The van der Waals surface area contributed by atoms with Crippen LogP contribution < -0.4 is 0 Å². The van der Waals surface area contributed by atoms with Crippen molar-refractivity contribution >= 4 is 35.8 Å². The second-order valence-electron chi connectivity index (χ2n) is 10.2. The van der Waals surface area contributed by atoms with Crippen LogP contribution in [-0.4, -0.2) is 72.4 Å². The van der Waals surface area contributed by atoms with Crippen LogP contribution in [-0.2, 0) is 57.2 Å². The molecule has 0 spiro atoms. The van der Waals surface area contributed by atoms with E-state index in [4.69, 9.17) is 28.4 Å². The van der Waals surface area contributed by atoms with E-state index in [9.17, 15) is 28.8 Å². The molecule has 0 radical (unpaired) electrons. The van der Waals surface area contributed by atoms with Crippen LogP contribution in [0.15, 0.2) is 0 Å². The van der Waals surface area contributed by atoms with E-state index in [1.54, 1.807) is 0 Å². The fourth-order valence-electron chi connectivity index (χ4n) is 3.23. The molecule has 38 heavy (non-hydrogen) atoms. The van der Waals surface area contributed by atoms with Crippen molar-refractivity contribution in [3.8, 4) is 0 Å². The number of rotatable bonds is 13. The smallest absolute Gasteiger partial charge is 0.338 e. The van der Waals surface area contributed by atoms with E-state index in [0.29, 0.717) is 0 Å². The molecule has 0 saturated carbocycles. The van der Waals surface area contributed by atoms with Gasteiger partial charge < -0.3 is 28.4 Å². The van der Waals surface area contributed by atoms with E-state index >= 15 is 0 Å². The molecule has 0 aliphatic heterocycles. The van der Waals surface area contributed by atoms with E-state index in [0.717, 1.165) is 0 Å². The summed E-state index contributed by atoms with van der Waals surface area (Å²) in [5, 5.41) is 0. The number of hydrogen-bond acceptors (Lipinski definition) is 12. The Hall–Kier alpha value is -3.18. The fourth-order valence-corrected chi connectivity index (χ4v) is 3.23. The van der Waals surface area contributed by atoms with Gasteiger partial charge in [0, 0.05) is 0 Å². The lowest BCUT2D eigenvalue weighted by Gasteiger charge is -2.40. The molecule has 0 aromatic rings. The molecule has 0 unspecified atom stereocenters. The molecule has 0 bridgehead atoms. The Labute approximate surface area is 224 Å². The van der Waals surface area contributed by atoms with Crippen LogP contribution in [0.5, 0.6) is 0 Å². The average Bonchev–Trinajstić information content (AvgIpc) is 2.67. The zero-order chi connectivity index (χ0) is 30.2. The van der Waals surface area contributed by atoms with Crippen molar-refractivity contribution in [1.29, 1.82) is 0 Å². The minimum Gasteiger partial charge on any atom is -0.462 e. The largest absolute Gasteiger partial charge is 0.462 e. The fraction of sp³-hybridized carbons (Fsp3) is 0.769. The van der Waals surface area contributed by atoms with Crippen LogP contribution in [0.25, 0.3) is 0 Å². The van der Waals surface area contributed by atoms with Gasteiger partial charge in [0.05, 0.1) is 36.6 Å². The Kier molecular flexibility index (Phi) is 12.9. The van der Waals surface area contributed by atoms with E-state index in [1.807, 2.05) is 0 Å². The summed E-state index contributed by atoms with van der Waals surface area (Å²) in [5.74, 6) is -10.6. The number of carbonyl (C=O) groups excluding carboxylic acids is 6. The Balaban J connectivity index is 8.34. The van der Waals surface area contributed by atoms with E-state index < -0.39 is 83.3 Å². The van der Waals surface area contributed by atoms with Crippen molar-refractivity contribution in [3.63, 3.8) is 0 Å². The van der Waals surface area contributed by atoms with Gasteiger partial charge in [-0.25, -0.2) is 0 Å². The highest BCUT2D eigenvalue weighted by atomic mass is 16.6. The first kappa shape index (κ1) is 34.8. The van der Waals surface area contributed by atoms with Crippen LogP contribution in [0.3, 0.4) is 0 Å². The summed E-state index contributed by atoms with van der Waals surface area (Å²) in [6, 6.07) is 0. The van der Waals surface area contributed by atoms with Gasteiger partial charge in [-0.2, -0.15) is 0 Å². The zero-order valence-corrected chi connectivity index (χ0v) is 24.4. The molecular formula is C26H42O12. The topological polar surface area (TPSA) is 158 Å². The molecule has 0 saturated heterocycles. The minimum absolute atomic E-state index is 0.985. The summed E-state index contributed by atoms with van der Waals surface area (Å²) < 4.78 is 31.4. The third-order valence-corrected chi connectivity index (χ3v) is 4.46. The summed E-state index contributed by atoms with van der Waals surface area (Å²) in [6.07, 6.45) is -5.91. The highest BCUT2D eigenvalue weighted by molar-refractivity contribution is 6.34. The quantitative estimate of drug-likeness (QED) is 0.189. The van der Waals surface area contributed by atoms with E-state index in [2.05, 4.69) is 0 Å². The van der Waals surface area contributed by atoms with Crippen molar-refractivity contribution in [2.24, 2.45) is 10.8 Å². The maximum Gasteiger partial charge on any atom is 0.338 e. The van der Waals surface area contributed by atoms with Gasteiger partial charge in [0.25, 0.3) is 10.8 Å². The maximum absolute atomic E-state index is 13.9. The average molecular weight is 547 g/mol. The SMILES string of the molecule is CC(C)OC(=O)C(C(=O)OC(C)C)(C(=O)OC(C)C)C(C(=O)OC(C)C)(C(=O)OC(C)C)C(=O)OC(C)C. The monoisotopic (exact) mass is 546 g/mol. The predicted octanol–water partition coefficient (Wildman–Crippen LogP) is 2.67. The van der Waals surface area contributed by atoms with E-state index in [1.165, 1.54) is 83.1 Å². The van der Waals surface area contributed by atoms with Gasteiger partial charge in [0.2, 0.25) is 0 Å². The molecule has 0 rings (SSSR count). The molecule has 0 fully saturated rings. The zero-order valence-electron chi connectivity index (χ0n) is 24.4. The molecule has 0 N–H and O–H groups in total. The van der Waals surface area contributed by atoms with Gasteiger partial charge in [0.1, 0.15) is 0 Å². The van der Waals surface area contributed by atoms with Gasteiger partial charge in [-0.3, -0.25) is 28.8 Å². The molecule has 218 valence electrons. The Bertz CT molecular complexity index is 701. The Morgan fingerprint density at radius 3 is 0.500 bits per heavy atom. The molecule has 0 atom stereocenters. The lowest BCUT2D eigenvalue weighted by Crippen LogP contribution is -2.71. The highest BCUT2D eigenvalue weighted by Gasteiger charge is 2.84. The number of hydrogen-bond donors (Lipinski definition) is 0. The van der Waals surface area contributed by atoms with Crippen LogP contribution in [0.2, 0.25) is 0 Å². The molecule has 0 heterocycles. The molecule has 0 aromatic carbocycles. The molecule has 12 heteroatoms. The molecule has 0 amide bonds. The molecule has 0 aliphatic carbocycles. The Morgan fingerprint density at radius 2 is 0.421 bits per heavy atom. The molecular weight excluding hydrogens is 504 g/mol. The van der Waals surface area contributed by atoms with Crippen molar-refractivity contribution in [2.45, 2.75) is 120 Å². The van der Waals surface area contributed by atoms with E-state index in [-0.39, 0.29) is 0 Å². The van der Waals surface area contributed by atoms with Crippen molar-refractivity contribution in [3.05, 3.63) is 0 Å². The normalized spacial score (nSPS) is 12.2. The first-order valence-electron chi connectivity index (χ1n) is 12.5. The van der Waals surface area contributed by atoms with Crippen LogP contribution >= 0.6 is 0 Å². The van der Waals surface area contributed by atoms with Gasteiger partial charge in [0.15, 0.2) is 0 Å². The first-order chi connectivity index (χ1) is 17.3. The molecule has 12 nitrogen and oxygen atoms in total. The number of carbonyl (C=O) groups is 6. The van der Waals surface area contributed by atoms with Gasteiger partial charge >= 0.3 is 35.8 Å².